The van der Waals surface area contributed by atoms with Crippen LogP contribution in [0.25, 0.3) is 0 Å². The minimum Gasteiger partial charge on any atom is -0.481 e. The summed E-state index contributed by atoms with van der Waals surface area (Å²) in [5.41, 5.74) is -1.66. The van der Waals surface area contributed by atoms with Crippen molar-refractivity contribution in [1.29, 1.82) is 0 Å². The van der Waals surface area contributed by atoms with E-state index in [4.69, 9.17) is 5.11 Å². The number of rotatable bonds is 6. The number of hydrogen-bond acceptors (Lipinski definition) is 4. The number of anilines is 1. The van der Waals surface area contributed by atoms with Crippen molar-refractivity contribution in [1.82, 2.24) is 5.32 Å². The molecule has 132 valence electrons. The number of methoxy groups -OCH3 is 1. The zero-order chi connectivity index (χ0) is 18.3. The Morgan fingerprint density at radius 2 is 1.92 bits per heavy atom. The van der Waals surface area contributed by atoms with E-state index in [9.17, 15) is 27.6 Å². The maximum atomic E-state index is 12.7. The number of carbonyl (C=O) groups is 3. The number of ether oxygens (including phenoxy) is 1. The zero-order valence-corrected chi connectivity index (χ0v) is 12.6. The number of carboxylic acids is 1. The molecule has 0 saturated carbocycles. The van der Waals surface area contributed by atoms with Gasteiger partial charge in [-0.15, -0.1) is 0 Å². The Labute approximate surface area is 134 Å². The van der Waals surface area contributed by atoms with E-state index in [-0.39, 0.29) is 30.6 Å². The Bertz CT molecular complexity index is 631. The monoisotopic (exact) mass is 348 g/mol. The molecule has 0 spiro atoms. The predicted octanol–water partition coefficient (Wildman–Crippen LogP) is 2.48. The second kappa shape index (κ2) is 8.18. The predicted molar refractivity (Wildman–Crippen MR) is 76.7 cm³/mol. The molecule has 0 bridgehead atoms. The molecule has 0 fully saturated rings. The minimum atomic E-state index is -4.65. The van der Waals surface area contributed by atoms with Crippen molar-refractivity contribution in [2.24, 2.45) is 0 Å². The second-order valence-electron chi connectivity index (χ2n) is 4.63. The van der Waals surface area contributed by atoms with Gasteiger partial charge in [0, 0.05) is 13.0 Å². The largest absolute Gasteiger partial charge is 0.481 e. The van der Waals surface area contributed by atoms with E-state index in [2.05, 4.69) is 15.4 Å². The number of esters is 1. The third-order valence-electron chi connectivity index (χ3n) is 2.85. The van der Waals surface area contributed by atoms with Gasteiger partial charge in [0.15, 0.2) is 0 Å². The maximum absolute atomic E-state index is 12.7. The molecule has 1 aromatic rings. The van der Waals surface area contributed by atoms with E-state index in [1.54, 1.807) is 0 Å². The summed E-state index contributed by atoms with van der Waals surface area (Å²) in [5, 5.41) is 12.9. The highest BCUT2D eigenvalue weighted by Crippen LogP contribution is 2.32. The van der Waals surface area contributed by atoms with Gasteiger partial charge in [0.1, 0.15) is 0 Å². The highest BCUT2D eigenvalue weighted by molar-refractivity contribution is 6.01. The van der Waals surface area contributed by atoms with E-state index in [1.165, 1.54) is 0 Å². The first-order valence-corrected chi connectivity index (χ1v) is 6.71. The van der Waals surface area contributed by atoms with Gasteiger partial charge >= 0.3 is 24.1 Å². The lowest BCUT2D eigenvalue weighted by Crippen LogP contribution is -2.30. The molecule has 2 amide bonds. The molecule has 0 aliphatic heterocycles. The number of urea groups is 1. The van der Waals surface area contributed by atoms with Gasteiger partial charge in [0.2, 0.25) is 0 Å². The van der Waals surface area contributed by atoms with Gasteiger partial charge in [-0.3, -0.25) is 4.79 Å². The van der Waals surface area contributed by atoms with Crippen LogP contribution < -0.4 is 10.6 Å². The Morgan fingerprint density at radius 3 is 2.46 bits per heavy atom. The highest BCUT2D eigenvalue weighted by Gasteiger charge is 2.32. The molecule has 0 aliphatic carbocycles. The third-order valence-corrected chi connectivity index (χ3v) is 2.85. The number of carboxylic acid groups (broad SMARTS) is 1. The Hall–Kier alpha value is -2.78. The molecule has 0 atom stereocenters. The summed E-state index contributed by atoms with van der Waals surface area (Å²) in [4.78, 5) is 33.6. The maximum Gasteiger partial charge on any atom is 0.416 e. The van der Waals surface area contributed by atoms with Crippen molar-refractivity contribution in [3.05, 3.63) is 29.3 Å². The van der Waals surface area contributed by atoms with Crippen LogP contribution in [0.15, 0.2) is 18.2 Å². The van der Waals surface area contributed by atoms with Crippen LogP contribution in [0.3, 0.4) is 0 Å². The van der Waals surface area contributed by atoms with Gasteiger partial charge in [0.25, 0.3) is 0 Å². The van der Waals surface area contributed by atoms with Crippen molar-refractivity contribution in [3.8, 4) is 0 Å². The summed E-state index contributed by atoms with van der Waals surface area (Å²) in [5.74, 6) is -1.95. The van der Waals surface area contributed by atoms with E-state index in [0.717, 1.165) is 13.2 Å². The molecular weight excluding hydrogens is 333 g/mol. The molecule has 0 aromatic heterocycles. The first kappa shape index (κ1) is 19.3. The summed E-state index contributed by atoms with van der Waals surface area (Å²) >= 11 is 0. The molecule has 1 aromatic carbocycles. The first-order valence-electron chi connectivity index (χ1n) is 6.71. The summed E-state index contributed by atoms with van der Waals surface area (Å²) < 4.78 is 42.7. The average Bonchev–Trinajstić information content (AvgIpc) is 2.49. The fourth-order valence-electron chi connectivity index (χ4n) is 1.72. The Kier molecular flexibility index (Phi) is 6.57. The number of nitrogens with one attached hydrogen (secondary N) is 2. The lowest BCUT2D eigenvalue weighted by Gasteiger charge is -2.14. The first-order chi connectivity index (χ1) is 11.1. The summed E-state index contributed by atoms with van der Waals surface area (Å²) in [6.45, 7) is 0.00462. The van der Waals surface area contributed by atoms with E-state index >= 15 is 0 Å². The number of alkyl halides is 3. The van der Waals surface area contributed by atoms with Crippen molar-refractivity contribution >= 4 is 23.7 Å². The van der Waals surface area contributed by atoms with E-state index in [0.29, 0.717) is 12.1 Å². The fraction of sp³-hybridized carbons (Fsp3) is 0.357. The molecule has 3 N–H and O–H groups in total. The van der Waals surface area contributed by atoms with Crippen molar-refractivity contribution < 1.29 is 37.4 Å². The van der Waals surface area contributed by atoms with Crippen molar-refractivity contribution in [2.45, 2.75) is 19.0 Å². The normalized spacial score (nSPS) is 10.8. The standard InChI is InChI=1S/C14H15F3N2O5/c1-24-12(22)9-5-4-8(14(15,16)17)7-10(9)19-13(23)18-6-2-3-11(20)21/h4-5,7H,2-3,6H2,1H3,(H,20,21)(H2,18,19,23). The summed E-state index contributed by atoms with van der Waals surface area (Å²) in [6, 6.07) is 1.34. The number of hydrogen-bond donors (Lipinski definition) is 3. The van der Waals surface area contributed by atoms with Gasteiger partial charge in [-0.1, -0.05) is 0 Å². The van der Waals surface area contributed by atoms with Crippen LogP contribution in [-0.2, 0) is 15.7 Å². The zero-order valence-electron chi connectivity index (χ0n) is 12.6. The molecule has 24 heavy (non-hydrogen) atoms. The number of halogens is 3. The van der Waals surface area contributed by atoms with Crippen LogP contribution in [0.1, 0.15) is 28.8 Å². The Morgan fingerprint density at radius 1 is 1.25 bits per heavy atom. The quantitative estimate of drug-likeness (QED) is 0.541. The van der Waals surface area contributed by atoms with Crippen molar-refractivity contribution in [3.63, 3.8) is 0 Å². The van der Waals surface area contributed by atoms with Gasteiger partial charge in [-0.05, 0) is 24.6 Å². The van der Waals surface area contributed by atoms with Gasteiger partial charge in [-0.2, -0.15) is 13.2 Å². The van der Waals surface area contributed by atoms with Gasteiger partial charge in [-0.25, -0.2) is 9.59 Å². The molecular formula is C14H15F3N2O5. The van der Waals surface area contributed by atoms with Crippen LogP contribution in [0.5, 0.6) is 0 Å². The highest BCUT2D eigenvalue weighted by atomic mass is 19.4. The molecule has 0 saturated heterocycles. The molecule has 7 nitrogen and oxygen atoms in total. The van der Waals surface area contributed by atoms with Crippen molar-refractivity contribution in [2.75, 3.05) is 19.0 Å². The van der Waals surface area contributed by atoms with E-state index < -0.39 is 29.7 Å². The van der Waals surface area contributed by atoms with Crippen LogP contribution in [0.4, 0.5) is 23.7 Å². The van der Waals surface area contributed by atoms with Gasteiger partial charge in [0.05, 0.1) is 23.9 Å². The van der Waals surface area contributed by atoms with Crippen LogP contribution in [-0.4, -0.2) is 36.7 Å². The molecule has 0 unspecified atom stereocenters. The van der Waals surface area contributed by atoms with Gasteiger partial charge < -0.3 is 20.5 Å². The molecule has 1 rings (SSSR count). The number of benzene rings is 1. The second-order valence-corrected chi connectivity index (χ2v) is 4.63. The minimum absolute atomic E-state index is 0.00462. The molecule has 10 heteroatoms. The lowest BCUT2D eigenvalue weighted by molar-refractivity contribution is -0.138. The lowest BCUT2D eigenvalue weighted by atomic mass is 10.1. The number of amides is 2. The smallest absolute Gasteiger partial charge is 0.416 e. The molecule has 0 radical (unpaired) electrons. The SMILES string of the molecule is COC(=O)c1ccc(C(F)(F)F)cc1NC(=O)NCCCC(=O)O. The average molecular weight is 348 g/mol. The fourth-order valence-corrected chi connectivity index (χ4v) is 1.72. The van der Waals surface area contributed by atoms with E-state index in [1.807, 2.05) is 0 Å². The summed E-state index contributed by atoms with van der Waals surface area (Å²) in [7, 11) is 1.05. The topological polar surface area (TPSA) is 105 Å². The third kappa shape index (κ3) is 5.78. The Balaban J connectivity index is 2.88. The summed E-state index contributed by atoms with van der Waals surface area (Å²) in [6.07, 6.45) is -4.67. The molecule has 0 heterocycles. The van der Waals surface area contributed by atoms with Crippen LogP contribution >= 0.6 is 0 Å². The molecule has 0 aliphatic rings. The van der Waals surface area contributed by atoms with Crippen LogP contribution in [0.2, 0.25) is 0 Å². The number of carbonyl (C=O) groups excluding carboxylic acids is 2. The van der Waals surface area contributed by atoms with Crippen LogP contribution in [0, 0.1) is 0 Å². The number of aliphatic carboxylic acids is 1.